The molecule has 2 N–H and O–H groups in total. The number of anilines is 1. The number of ether oxygens (including phenoxy) is 1. The maximum absolute atomic E-state index is 12.2. The highest BCUT2D eigenvalue weighted by Crippen LogP contribution is 2.12. The molecule has 28 heavy (non-hydrogen) atoms. The molecule has 0 unspecified atom stereocenters. The summed E-state index contributed by atoms with van der Waals surface area (Å²) in [7, 11) is 0. The molecule has 1 aromatic carbocycles. The molecule has 1 amide bonds. The predicted octanol–water partition coefficient (Wildman–Crippen LogP) is 3.78. The van der Waals surface area contributed by atoms with Gasteiger partial charge in [-0.05, 0) is 43.7 Å². The van der Waals surface area contributed by atoms with Crippen molar-refractivity contribution >= 4 is 29.1 Å². The molecule has 148 valence electrons. The summed E-state index contributed by atoms with van der Waals surface area (Å²) in [6.45, 7) is 3.04. The molecular formula is C21H24N2O5. The van der Waals surface area contributed by atoms with Crippen LogP contribution in [-0.2, 0) is 9.53 Å². The number of nitrogens with one attached hydrogen (secondary N) is 2. The van der Waals surface area contributed by atoms with Gasteiger partial charge in [0.2, 0.25) is 5.91 Å². The van der Waals surface area contributed by atoms with Crippen molar-refractivity contribution in [1.29, 1.82) is 0 Å². The Morgan fingerprint density at radius 3 is 2.36 bits per heavy atom. The number of hydrogen-bond donors (Lipinski definition) is 2. The number of hydrogen-bond acceptors (Lipinski definition) is 5. The number of amides is 1. The van der Waals surface area contributed by atoms with Crippen LogP contribution in [0, 0.1) is 0 Å². The lowest BCUT2D eigenvalue weighted by molar-refractivity contribution is -0.116. The van der Waals surface area contributed by atoms with Gasteiger partial charge in [-0.15, -0.1) is 0 Å². The second kappa shape index (κ2) is 10.2. The van der Waals surface area contributed by atoms with Crippen molar-refractivity contribution in [3.63, 3.8) is 0 Å². The first-order chi connectivity index (χ1) is 13.4. The third kappa shape index (κ3) is 6.19. The Morgan fingerprint density at radius 1 is 1.04 bits per heavy atom. The molecule has 0 atom stereocenters. The fraction of sp³-hybridized carbons (Fsp3) is 0.333. The normalized spacial score (nSPS) is 10.4. The average Bonchev–Trinajstić information content (AvgIpc) is 3.17. The molecule has 0 aliphatic carbocycles. The van der Waals surface area contributed by atoms with Gasteiger partial charge in [-0.1, -0.05) is 19.8 Å². The van der Waals surface area contributed by atoms with Crippen LogP contribution < -0.4 is 5.32 Å². The van der Waals surface area contributed by atoms with E-state index < -0.39 is 12.6 Å². The van der Waals surface area contributed by atoms with E-state index in [0.717, 1.165) is 19.3 Å². The van der Waals surface area contributed by atoms with Crippen LogP contribution in [0.5, 0.6) is 0 Å². The van der Waals surface area contributed by atoms with Crippen molar-refractivity contribution in [2.45, 2.75) is 39.5 Å². The van der Waals surface area contributed by atoms with E-state index in [9.17, 15) is 19.2 Å². The molecule has 0 spiro atoms. The molecule has 0 aliphatic rings. The molecule has 0 radical (unpaired) electrons. The third-order valence-electron chi connectivity index (χ3n) is 4.14. The number of aromatic nitrogens is 1. The van der Waals surface area contributed by atoms with Gasteiger partial charge in [0, 0.05) is 29.4 Å². The van der Waals surface area contributed by atoms with Gasteiger partial charge in [0.25, 0.3) is 0 Å². The molecule has 1 aromatic heterocycles. The number of esters is 1. The number of carbonyl (C=O) groups is 4. The van der Waals surface area contributed by atoms with E-state index in [1.165, 1.54) is 19.2 Å². The Balaban J connectivity index is 1.84. The van der Waals surface area contributed by atoms with E-state index in [-0.39, 0.29) is 23.2 Å². The predicted molar refractivity (Wildman–Crippen MR) is 105 cm³/mol. The highest BCUT2D eigenvalue weighted by molar-refractivity contribution is 6.01. The van der Waals surface area contributed by atoms with E-state index in [1.54, 1.807) is 24.3 Å². The summed E-state index contributed by atoms with van der Waals surface area (Å²) in [5.74, 6) is -1.31. The maximum Gasteiger partial charge on any atom is 0.355 e. The summed E-state index contributed by atoms with van der Waals surface area (Å²) in [4.78, 5) is 49.8. The molecule has 7 nitrogen and oxygen atoms in total. The maximum atomic E-state index is 12.2. The molecule has 1 heterocycles. The SMILES string of the molecule is CCCCCC(=O)Nc1ccc(C(=O)COC(=O)c2cc(C(C)=O)c[nH]2)cc1. The Bertz CT molecular complexity index is 852. The molecule has 0 fully saturated rings. The van der Waals surface area contributed by atoms with E-state index in [1.807, 2.05) is 0 Å². The lowest BCUT2D eigenvalue weighted by atomic mass is 10.1. The first kappa shape index (κ1) is 21.1. The number of carbonyl (C=O) groups excluding carboxylic acids is 4. The van der Waals surface area contributed by atoms with E-state index in [0.29, 0.717) is 23.2 Å². The number of Topliss-reactive ketones (excluding diaryl/α,β-unsaturated/α-hetero) is 2. The molecule has 2 rings (SSSR count). The van der Waals surface area contributed by atoms with E-state index in [2.05, 4.69) is 17.2 Å². The lowest BCUT2D eigenvalue weighted by Gasteiger charge is -2.07. The van der Waals surface area contributed by atoms with Crippen molar-refractivity contribution < 1.29 is 23.9 Å². The van der Waals surface area contributed by atoms with Crippen LogP contribution in [0.4, 0.5) is 5.69 Å². The Morgan fingerprint density at radius 2 is 1.75 bits per heavy atom. The highest BCUT2D eigenvalue weighted by atomic mass is 16.5. The van der Waals surface area contributed by atoms with E-state index >= 15 is 0 Å². The minimum atomic E-state index is -0.711. The minimum Gasteiger partial charge on any atom is -0.453 e. The van der Waals surface area contributed by atoms with Gasteiger partial charge in [0.15, 0.2) is 18.2 Å². The van der Waals surface area contributed by atoms with Crippen molar-refractivity contribution in [1.82, 2.24) is 4.98 Å². The summed E-state index contributed by atoms with van der Waals surface area (Å²) < 4.78 is 4.99. The highest BCUT2D eigenvalue weighted by Gasteiger charge is 2.15. The number of benzene rings is 1. The fourth-order valence-electron chi connectivity index (χ4n) is 2.51. The minimum absolute atomic E-state index is 0.0580. The topological polar surface area (TPSA) is 105 Å². The third-order valence-corrected chi connectivity index (χ3v) is 4.14. The molecule has 7 heteroatoms. The van der Waals surface area contributed by atoms with Crippen LogP contribution in [0.3, 0.4) is 0 Å². The second-order valence-corrected chi connectivity index (χ2v) is 6.44. The number of rotatable bonds is 10. The first-order valence-electron chi connectivity index (χ1n) is 9.20. The Hall–Kier alpha value is -3.22. The molecule has 0 aliphatic heterocycles. The van der Waals surface area contributed by atoms with Gasteiger partial charge < -0.3 is 15.0 Å². The van der Waals surface area contributed by atoms with Gasteiger partial charge in [-0.25, -0.2) is 4.79 Å². The molecule has 0 saturated carbocycles. The fourth-order valence-corrected chi connectivity index (χ4v) is 2.51. The van der Waals surface area contributed by atoms with Crippen LogP contribution in [-0.4, -0.2) is 35.0 Å². The van der Waals surface area contributed by atoms with Crippen LogP contribution in [0.25, 0.3) is 0 Å². The molecule has 0 bridgehead atoms. The zero-order chi connectivity index (χ0) is 20.5. The number of aromatic amines is 1. The second-order valence-electron chi connectivity index (χ2n) is 6.44. The summed E-state index contributed by atoms with van der Waals surface area (Å²) in [6, 6.07) is 7.79. The molecular weight excluding hydrogens is 360 g/mol. The van der Waals surface area contributed by atoms with Crippen molar-refractivity contribution in [3.8, 4) is 0 Å². The van der Waals surface area contributed by atoms with Crippen LogP contribution in [0.1, 0.15) is 70.7 Å². The largest absolute Gasteiger partial charge is 0.453 e. The van der Waals surface area contributed by atoms with Gasteiger partial charge in [-0.3, -0.25) is 14.4 Å². The number of unbranched alkanes of at least 4 members (excludes halogenated alkanes) is 2. The van der Waals surface area contributed by atoms with Crippen molar-refractivity contribution in [2.75, 3.05) is 11.9 Å². The van der Waals surface area contributed by atoms with Gasteiger partial charge in [0.05, 0.1) is 0 Å². The number of ketones is 2. The monoisotopic (exact) mass is 384 g/mol. The smallest absolute Gasteiger partial charge is 0.355 e. The number of H-pyrrole nitrogens is 1. The zero-order valence-electron chi connectivity index (χ0n) is 16.0. The zero-order valence-corrected chi connectivity index (χ0v) is 16.0. The van der Waals surface area contributed by atoms with Gasteiger partial charge in [0.1, 0.15) is 5.69 Å². The standard InChI is InChI=1S/C21H24N2O5/c1-3-4-5-6-20(26)23-17-9-7-15(8-10-17)19(25)13-28-21(27)18-11-16(12-22-18)14(2)24/h7-12,22H,3-6,13H2,1-2H3,(H,23,26). The summed E-state index contributed by atoms with van der Waals surface area (Å²) >= 11 is 0. The molecule has 2 aromatic rings. The van der Waals surface area contributed by atoms with E-state index in [4.69, 9.17) is 4.74 Å². The summed E-state index contributed by atoms with van der Waals surface area (Å²) in [6.07, 6.45) is 4.79. The van der Waals surface area contributed by atoms with Gasteiger partial charge in [-0.2, -0.15) is 0 Å². The average molecular weight is 384 g/mol. The lowest BCUT2D eigenvalue weighted by Crippen LogP contribution is -2.15. The van der Waals surface area contributed by atoms with Gasteiger partial charge >= 0.3 is 5.97 Å². The van der Waals surface area contributed by atoms with Crippen LogP contribution >= 0.6 is 0 Å². The van der Waals surface area contributed by atoms with Crippen molar-refractivity contribution in [3.05, 3.63) is 53.3 Å². The van der Waals surface area contributed by atoms with Crippen LogP contribution in [0.15, 0.2) is 36.5 Å². The Labute approximate surface area is 163 Å². The summed E-state index contributed by atoms with van der Waals surface area (Å²) in [5, 5.41) is 2.78. The molecule has 0 saturated heterocycles. The van der Waals surface area contributed by atoms with Crippen molar-refractivity contribution in [2.24, 2.45) is 0 Å². The summed E-state index contributed by atoms with van der Waals surface area (Å²) in [5.41, 5.74) is 1.45. The Kier molecular flexibility index (Phi) is 7.68. The van der Waals surface area contributed by atoms with Crippen LogP contribution in [0.2, 0.25) is 0 Å². The first-order valence-corrected chi connectivity index (χ1v) is 9.20. The quantitative estimate of drug-likeness (QED) is 0.368.